The topological polar surface area (TPSA) is 64.1 Å². The summed E-state index contributed by atoms with van der Waals surface area (Å²) in [5.41, 5.74) is 0.334. The zero-order valence-corrected chi connectivity index (χ0v) is 9.15. The second-order valence-corrected chi connectivity index (χ2v) is 4.15. The van der Waals surface area contributed by atoms with Gasteiger partial charge in [-0.25, -0.2) is 4.79 Å². The van der Waals surface area contributed by atoms with E-state index in [9.17, 15) is 4.79 Å². The van der Waals surface area contributed by atoms with Crippen LogP contribution in [0.1, 0.15) is 26.5 Å². The number of hydrogen-bond acceptors (Lipinski definition) is 4. The molecule has 0 spiro atoms. The highest BCUT2D eigenvalue weighted by Crippen LogP contribution is 2.00. The smallest absolute Gasteiger partial charge is 0.407 e. The van der Waals surface area contributed by atoms with Crippen LogP contribution in [0.15, 0.2) is 18.6 Å². The summed E-state index contributed by atoms with van der Waals surface area (Å²) < 4.78 is 4.95. The molecule has 1 heterocycles. The molecule has 0 saturated heterocycles. The van der Waals surface area contributed by atoms with Crippen molar-refractivity contribution >= 4 is 6.09 Å². The standard InChI is InChI=1S/C10H15N3O2/c1-10(2,3)13-9(14)15-7-8-6-11-4-5-12-8/h4-6H,7H2,1-3H3,(H,13,14). The van der Waals surface area contributed by atoms with E-state index in [0.29, 0.717) is 5.69 Å². The molecule has 0 aliphatic rings. The molecule has 0 fully saturated rings. The Morgan fingerprint density at radius 2 is 2.20 bits per heavy atom. The number of carbonyl (C=O) groups is 1. The van der Waals surface area contributed by atoms with Crippen LogP contribution in [0.3, 0.4) is 0 Å². The number of hydrogen-bond donors (Lipinski definition) is 1. The van der Waals surface area contributed by atoms with Gasteiger partial charge in [0.25, 0.3) is 0 Å². The van der Waals surface area contributed by atoms with Crippen molar-refractivity contribution in [2.45, 2.75) is 32.9 Å². The van der Waals surface area contributed by atoms with Crippen LogP contribution in [-0.2, 0) is 11.3 Å². The van der Waals surface area contributed by atoms with E-state index < -0.39 is 6.09 Å². The van der Waals surface area contributed by atoms with Crippen molar-refractivity contribution in [3.63, 3.8) is 0 Å². The number of nitrogens with one attached hydrogen (secondary N) is 1. The van der Waals surface area contributed by atoms with E-state index >= 15 is 0 Å². The van der Waals surface area contributed by atoms with Gasteiger partial charge in [0, 0.05) is 17.9 Å². The Bertz CT molecular complexity index is 319. The summed E-state index contributed by atoms with van der Waals surface area (Å²) in [6.45, 7) is 5.79. The second-order valence-electron chi connectivity index (χ2n) is 4.15. The van der Waals surface area contributed by atoms with E-state index in [1.165, 1.54) is 0 Å². The summed E-state index contributed by atoms with van der Waals surface area (Å²) in [7, 11) is 0. The third-order valence-electron chi connectivity index (χ3n) is 1.44. The van der Waals surface area contributed by atoms with Crippen LogP contribution in [0.25, 0.3) is 0 Å². The minimum Gasteiger partial charge on any atom is -0.443 e. The van der Waals surface area contributed by atoms with E-state index in [0.717, 1.165) is 0 Å². The van der Waals surface area contributed by atoms with Crippen LogP contribution in [0.5, 0.6) is 0 Å². The Hall–Kier alpha value is -1.65. The van der Waals surface area contributed by atoms with Gasteiger partial charge >= 0.3 is 6.09 Å². The fraction of sp³-hybridized carbons (Fsp3) is 0.500. The summed E-state index contributed by atoms with van der Waals surface area (Å²) in [6, 6.07) is 0. The highest BCUT2D eigenvalue weighted by atomic mass is 16.5. The lowest BCUT2D eigenvalue weighted by molar-refractivity contribution is 0.130. The van der Waals surface area contributed by atoms with Gasteiger partial charge in [0.15, 0.2) is 0 Å². The molecule has 1 aromatic heterocycles. The Labute approximate surface area is 88.9 Å². The quantitative estimate of drug-likeness (QED) is 0.801. The molecule has 5 nitrogen and oxygen atoms in total. The van der Waals surface area contributed by atoms with Crippen LogP contribution >= 0.6 is 0 Å². The first kappa shape index (κ1) is 11.4. The highest BCUT2D eigenvalue weighted by molar-refractivity contribution is 5.67. The van der Waals surface area contributed by atoms with Crippen molar-refractivity contribution in [3.8, 4) is 0 Å². The van der Waals surface area contributed by atoms with E-state index in [4.69, 9.17) is 4.74 Å². The van der Waals surface area contributed by atoms with Gasteiger partial charge in [0.2, 0.25) is 0 Å². The fourth-order valence-corrected chi connectivity index (χ4v) is 0.886. The predicted octanol–water partition coefficient (Wildman–Crippen LogP) is 1.50. The summed E-state index contributed by atoms with van der Waals surface area (Å²) in [5.74, 6) is 0. The molecular weight excluding hydrogens is 194 g/mol. The van der Waals surface area contributed by atoms with Crippen LogP contribution in [0.2, 0.25) is 0 Å². The third-order valence-corrected chi connectivity index (χ3v) is 1.44. The summed E-state index contributed by atoms with van der Waals surface area (Å²) in [5, 5.41) is 2.68. The molecule has 15 heavy (non-hydrogen) atoms. The normalized spacial score (nSPS) is 10.9. The molecule has 1 amide bonds. The maximum absolute atomic E-state index is 11.3. The molecule has 0 aliphatic heterocycles. The van der Waals surface area contributed by atoms with Crippen LogP contribution in [-0.4, -0.2) is 21.6 Å². The summed E-state index contributed by atoms with van der Waals surface area (Å²) in [4.78, 5) is 19.1. The summed E-state index contributed by atoms with van der Waals surface area (Å²) in [6.07, 6.45) is 4.23. The number of alkyl carbamates (subject to hydrolysis) is 1. The molecule has 1 aromatic rings. The van der Waals surface area contributed by atoms with E-state index in [1.54, 1.807) is 18.6 Å². The van der Waals surface area contributed by atoms with E-state index in [-0.39, 0.29) is 12.1 Å². The van der Waals surface area contributed by atoms with Gasteiger partial charge in [-0.15, -0.1) is 0 Å². The van der Waals surface area contributed by atoms with Gasteiger partial charge in [-0.3, -0.25) is 9.97 Å². The summed E-state index contributed by atoms with van der Waals surface area (Å²) >= 11 is 0. The molecule has 0 radical (unpaired) electrons. The van der Waals surface area contributed by atoms with Gasteiger partial charge < -0.3 is 10.1 Å². The fourth-order valence-electron chi connectivity index (χ4n) is 0.886. The van der Waals surface area contributed by atoms with Crippen molar-refractivity contribution in [1.82, 2.24) is 15.3 Å². The first-order valence-corrected chi connectivity index (χ1v) is 4.67. The molecule has 82 valence electrons. The molecule has 0 saturated carbocycles. The number of amides is 1. The zero-order valence-electron chi connectivity index (χ0n) is 9.15. The molecule has 0 aliphatic carbocycles. The molecule has 0 atom stereocenters. The molecule has 0 bridgehead atoms. The van der Waals surface area contributed by atoms with Gasteiger partial charge in [-0.1, -0.05) is 0 Å². The predicted molar refractivity (Wildman–Crippen MR) is 55.1 cm³/mol. The SMILES string of the molecule is CC(C)(C)NC(=O)OCc1cnccn1. The van der Waals surface area contributed by atoms with Crippen LogP contribution in [0, 0.1) is 0 Å². The average Bonchev–Trinajstić information content (AvgIpc) is 2.14. The van der Waals surface area contributed by atoms with Crippen LogP contribution < -0.4 is 5.32 Å². The molecule has 1 rings (SSSR count). The number of carbonyl (C=O) groups excluding carboxylic acids is 1. The highest BCUT2D eigenvalue weighted by Gasteiger charge is 2.14. The second kappa shape index (κ2) is 4.72. The van der Waals surface area contributed by atoms with E-state index in [1.807, 2.05) is 20.8 Å². The van der Waals surface area contributed by atoms with Crippen molar-refractivity contribution < 1.29 is 9.53 Å². The average molecular weight is 209 g/mol. The molecule has 5 heteroatoms. The Morgan fingerprint density at radius 3 is 2.73 bits per heavy atom. The van der Waals surface area contributed by atoms with Gasteiger partial charge in [-0.05, 0) is 20.8 Å². The monoisotopic (exact) mass is 209 g/mol. The third kappa shape index (κ3) is 4.95. The number of ether oxygens (including phenoxy) is 1. The van der Waals surface area contributed by atoms with Crippen LogP contribution in [0.4, 0.5) is 4.79 Å². The lowest BCUT2D eigenvalue weighted by atomic mass is 10.1. The van der Waals surface area contributed by atoms with Gasteiger partial charge in [-0.2, -0.15) is 0 Å². The molecular formula is C10H15N3O2. The largest absolute Gasteiger partial charge is 0.443 e. The minimum atomic E-state index is -0.451. The first-order valence-electron chi connectivity index (χ1n) is 4.67. The maximum Gasteiger partial charge on any atom is 0.407 e. The number of rotatable bonds is 2. The van der Waals surface area contributed by atoms with Crippen molar-refractivity contribution in [1.29, 1.82) is 0 Å². The Balaban J connectivity index is 2.35. The molecule has 0 aromatic carbocycles. The van der Waals surface area contributed by atoms with Crippen molar-refractivity contribution in [3.05, 3.63) is 24.3 Å². The lowest BCUT2D eigenvalue weighted by Crippen LogP contribution is -2.40. The van der Waals surface area contributed by atoms with E-state index in [2.05, 4.69) is 15.3 Å². The number of aromatic nitrogens is 2. The minimum absolute atomic E-state index is 0.135. The van der Waals surface area contributed by atoms with Gasteiger partial charge in [0.1, 0.15) is 6.61 Å². The maximum atomic E-state index is 11.3. The molecule has 0 unspecified atom stereocenters. The zero-order chi connectivity index (χ0) is 11.3. The lowest BCUT2D eigenvalue weighted by Gasteiger charge is -2.19. The Morgan fingerprint density at radius 1 is 1.47 bits per heavy atom. The van der Waals surface area contributed by atoms with Gasteiger partial charge in [0.05, 0.1) is 11.9 Å². The number of nitrogens with zero attached hydrogens (tertiary/aromatic N) is 2. The molecule has 1 N–H and O–H groups in total. The Kier molecular flexibility index (Phi) is 3.60. The van der Waals surface area contributed by atoms with Crippen molar-refractivity contribution in [2.75, 3.05) is 0 Å². The van der Waals surface area contributed by atoms with Crippen molar-refractivity contribution in [2.24, 2.45) is 0 Å². The first-order chi connectivity index (χ1) is 6.97.